The number of halogens is 2. The zero-order chi connectivity index (χ0) is 15.0. The third-order valence-electron chi connectivity index (χ3n) is 3.25. The molecule has 0 saturated heterocycles. The lowest BCUT2D eigenvalue weighted by atomic mass is 10.0. The minimum Gasteiger partial charge on any atom is -0.360 e. The monoisotopic (exact) mass is 282 g/mol. The molecule has 3 aromatic rings. The normalized spacial score (nSPS) is 10.5. The van der Waals surface area contributed by atoms with Crippen molar-refractivity contribution >= 4 is 16.7 Å². The average Bonchev–Trinajstić information content (AvgIpc) is 2.92. The van der Waals surface area contributed by atoms with Crippen LogP contribution in [0, 0.1) is 23.0 Å². The summed E-state index contributed by atoms with van der Waals surface area (Å²) in [5.41, 5.74) is 0.898. The Balaban J connectivity index is 2.18. The molecular formula is C16H8F2N2O. The molecule has 0 aliphatic rings. The number of nitrogens with zero attached hydrogens (tertiary/aromatic N) is 1. The zero-order valence-electron chi connectivity index (χ0n) is 10.7. The Hall–Kier alpha value is -3.00. The molecule has 0 amide bonds. The van der Waals surface area contributed by atoms with Crippen LogP contribution in [0.25, 0.3) is 10.9 Å². The summed E-state index contributed by atoms with van der Waals surface area (Å²) >= 11 is 0. The Morgan fingerprint density at radius 1 is 1.14 bits per heavy atom. The lowest BCUT2D eigenvalue weighted by Gasteiger charge is -2.02. The van der Waals surface area contributed by atoms with Gasteiger partial charge in [-0.3, -0.25) is 4.79 Å². The van der Waals surface area contributed by atoms with E-state index in [1.165, 1.54) is 24.4 Å². The molecule has 21 heavy (non-hydrogen) atoms. The number of benzene rings is 2. The fraction of sp³-hybridized carbons (Fsp3) is 0. The summed E-state index contributed by atoms with van der Waals surface area (Å²) in [5.74, 6) is -2.87. The van der Waals surface area contributed by atoms with Gasteiger partial charge in [-0.2, -0.15) is 5.26 Å². The Kier molecular flexibility index (Phi) is 2.99. The van der Waals surface area contributed by atoms with Crippen molar-refractivity contribution in [2.45, 2.75) is 0 Å². The molecular weight excluding hydrogens is 274 g/mol. The molecule has 1 N–H and O–H groups in total. The minimum atomic E-state index is -1.17. The fourth-order valence-corrected chi connectivity index (χ4v) is 2.20. The van der Waals surface area contributed by atoms with Gasteiger partial charge >= 0.3 is 0 Å². The summed E-state index contributed by atoms with van der Waals surface area (Å²) in [4.78, 5) is 15.3. The smallest absolute Gasteiger partial charge is 0.198 e. The van der Waals surface area contributed by atoms with Gasteiger partial charge < -0.3 is 4.98 Å². The quantitative estimate of drug-likeness (QED) is 0.731. The number of hydrogen-bond acceptors (Lipinski definition) is 2. The first kappa shape index (κ1) is 13.0. The van der Waals surface area contributed by atoms with E-state index in [1.807, 2.05) is 6.07 Å². The van der Waals surface area contributed by atoms with E-state index in [9.17, 15) is 13.6 Å². The number of aromatic nitrogens is 1. The molecule has 0 aliphatic carbocycles. The first-order valence-electron chi connectivity index (χ1n) is 6.12. The Labute approximate surface area is 118 Å². The summed E-state index contributed by atoms with van der Waals surface area (Å²) < 4.78 is 27.0. The van der Waals surface area contributed by atoms with Gasteiger partial charge in [-0.1, -0.05) is 6.07 Å². The van der Waals surface area contributed by atoms with E-state index in [-0.39, 0.29) is 11.1 Å². The highest BCUT2D eigenvalue weighted by Gasteiger charge is 2.19. The van der Waals surface area contributed by atoms with Gasteiger partial charge in [0.25, 0.3) is 0 Å². The number of nitrogens with one attached hydrogen (secondary N) is 1. The molecule has 5 heteroatoms. The largest absolute Gasteiger partial charge is 0.360 e. The SMILES string of the molecule is N#Cc1ccc2[nH]cc(C(=O)c3cccc(F)c3F)c2c1. The molecule has 3 rings (SSSR count). The Morgan fingerprint density at radius 3 is 2.71 bits per heavy atom. The summed E-state index contributed by atoms with van der Waals surface area (Å²) in [7, 11) is 0. The van der Waals surface area contributed by atoms with Gasteiger partial charge in [0.05, 0.1) is 17.2 Å². The van der Waals surface area contributed by atoms with Crippen LogP contribution in [0.4, 0.5) is 8.78 Å². The number of carbonyl (C=O) groups is 1. The Morgan fingerprint density at radius 2 is 1.95 bits per heavy atom. The van der Waals surface area contributed by atoms with Crippen molar-refractivity contribution in [1.29, 1.82) is 5.26 Å². The lowest BCUT2D eigenvalue weighted by molar-refractivity contribution is 0.103. The van der Waals surface area contributed by atoms with Crippen LogP contribution in [0.2, 0.25) is 0 Å². The molecule has 3 nitrogen and oxygen atoms in total. The second kappa shape index (κ2) is 4.84. The van der Waals surface area contributed by atoms with Crippen LogP contribution in [0.1, 0.15) is 21.5 Å². The molecule has 0 atom stereocenters. The summed E-state index contributed by atoms with van der Waals surface area (Å²) in [6.45, 7) is 0. The highest BCUT2D eigenvalue weighted by molar-refractivity contribution is 6.16. The van der Waals surface area contributed by atoms with E-state index in [0.717, 1.165) is 6.07 Å². The number of ketones is 1. The minimum absolute atomic E-state index is 0.201. The van der Waals surface area contributed by atoms with Crippen molar-refractivity contribution in [2.75, 3.05) is 0 Å². The number of fused-ring (bicyclic) bond motifs is 1. The maximum Gasteiger partial charge on any atom is 0.198 e. The number of nitriles is 1. The van der Waals surface area contributed by atoms with Crippen LogP contribution in [0.3, 0.4) is 0 Å². The van der Waals surface area contributed by atoms with Crippen LogP contribution >= 0.6 is 0 Å². The van der Waals surface area contributed by atoms with Gasteiger partial charge in [0.2, 0.25) is 0 Å². The fourth-order valence-electron chi connectivity index (χ4n) is 2.20. The van der Waals surface area contributed by atoms with Gasteiger partial charge in [-0.15, -0.1) is 0 Å². The maximum atomic E-state index is 13.7. The average molecular weight is 282 g/mol. The van der Waals surface area contributed by atoms with Crippen LogP contribution in [-0.2, 0) is 0 Å². The Bertz CT molecular complexity index is 906. The van der Waals surface area contributed by atoms with E-state index in [1.54, 1.807) is 12.1 Å². The first-order chi connectivity index (χ1) is 10.1. The molecule has 102 valence electrons. The van der Waals surface area contributed by atoms with Crippen molar-refractivity contribution in [3.8, 4) is 6.07 Å². The van der Waals surface area contributed by atoms with Crippen molar-refractivity contribution in [3.05, 3.63) is 70.9 Å². The first-order valence-corrected chi connectivity index (χ1v) is 6.12. The second-order valence-electron chi connectivity index (χ2n) is 4.51. The number of hydrogen-bond donors (Lipinski definition) is 1. The van der Waals surface area contributed by atoms with E-state index in [2.05, 4.69) is 4.98 Å². The number of H-pyrrole nitrogens is 1. The molecule has 0 bridgehead atoms. The number of rotatable bonds is 2. The van der Waals surface area contributed by atoms with Gasteiger partial charge in [0, 0.05) is 22.7 Å². The van der Waals surface area contributed by atoms with Crippen molar-refractivity contribution in [3.63, 3.8) is 0 Å². The second-order valence-corrected chi connectivity index (χ2v) is 4.51. The zero-order valence-corrected chi connectivity index (χ0v) is 10.7. The predicted octanol–water partition coefficient (Wildman–Crippen LogP) is 3.55. The molecule has 1 aromatic heterocycles. The summed E-state index contributed by atoms with van der Waals surface area (Å²) in [6.07, 6.45) is 1.43. The summed E-state index contributed by atoms with van der Waals surface area (Å²) in [5, 5.41) is 9.41. The molecule has 0 fully saturated rings. The predicted molar refractivity (Wildman–Crippen MR) is 72.8 cm³/mol. The van der Waals surface area contributed by atoms with Crippen LogP contribution in [0.15, 0.2) is 42.6 Å². The molecule has 1 heterocycles. The lowest BCUT2D eigenvalue weighted by Crippen LogP contribution is -2.05. The van der Waals surface area contributed by atoms with Crippen LogP contribution < -0.4 is 0 Å². The van der Waals surface area contributed by atoms with E-state index >= 15 is 0 Å². The van der Waals surface area contributed by atoms with Gasteiger partial charge in [-0.25, -0.2) is 8.78 Å². The third-order valence-corrected chi connectivity index (χ3v) is 3.25. The molecule has 0 unspecified atom stereocenters. The number of carbonyl (C=O) groups excluding carboxylic acids is 1. The molecule has 0 spiro atoms. The molecule has 0 aliphatic heterocycles. The van der Waals surface area contributed by atoms with E-state index in [0.29, 0.717) is 16.5 Å². The van der Waals surface area contributed by atoms with Crippen LogP contribution in [-0.4, -0.2) is 10.8 Å². The number of aromatic amines is 1. The van der Waals surface area contributed by atoms with Crippen molar-refractivity contribution in [2.24, 2.45) is 0 Å². The topological polar surface area (TPSA) is 56.6 Å². The maximum absolute atomic E-state index is 13.7. The van der Waals surface area contributed by atoms with E-state index < -0.39 is 17.4 Å². The van der Waals surface area contributed by atoms with Crippen molar-refractivity contribution in [1.82, 2.24) is 4.98 Å². The van der Waals surface area contributed by atoms with Gasteiger partial charge in [0.15, 0.2) is 17.4 Å². The third kappa shape index (κ3) is 2.07. The standard InChI is InChI=1S/C16H8F2N2O/c17-13-3-1-2-10(15(13)18)16(21)12-8-20-14-5-4-9(7-19)6-11(12)14/h1-6,8,20H. The summed E-state index contributed by atoms with van der Waals surface area (Å²) in [6, 6.07) is 10.2. The highest BCUT2D eigenvalue weighted by atomic mass is 19.2. The molecule has 0 saturated carbocycles. The molecule has 2 aromatic carbocycles. The van der Waals surface area contributed by atoms with Gasteiger partial charge in [0.1, 0.15) is 0 Å². The highest BCUT2D eigenvalue weighted by Crippen LogP contribution is 2.24. The van der Waals surface area contributed by atoms with E-state index in [4.69, 9.17) is 5.26 Å². The van der Waals surface area contributed by atoms with Gasteiger partial charge in [-0.05, 0) is 30.3 Å². The molecule has 0 radical (unpaired) electrons. The van der Waals surface area contributed by atoms with Crippen LogP contribution in [0.5, 0.6) is 0 Å². The van der Waals surface area contributed by atoms with Crippen molar-refractivity contribution < 1.29 is 13.6 Å².